The fraction of sp³-hybridized carbons (Fsp3) is 0.125. The summed E-state index contributed by atoms with van der Waals surface area (Å²) in [6.07, 6.45) is 3.36. The Morgan fingerprint density at radius 2 is 1.20 bits per heavy atom. The Bertz CT molecular complexity index is 566. The Kier molecular flexibility index (Phi) is 4.89. The van der Waals surface area contributed by atoms with Crippen molar-refractivity contribution in [3.63, 3.8) is 0 Å². The van der Waals surface area contributed by atoms with Gasteiger partial charge < -0.3 is 9.47 Å². The van der Waals surface area contributed by atoms with E-state index in [1.807, 2.05) is 48.5 Å². The molecule has 2 aromatic carbocycles. The van der Waals surface area contributed by atoms with Gasteiger partial charge in [0.1, 0.15) is 11.5 Å². The van der Waals surface area contributed by atoms with E-state index in [1.165, 1.54) is 0 Å². The SMILES string of the molecule is COc1cccc(/C=N\N=C\c2cccc(OC)c2)c1. The lowest BCUT2D eigenvalue weighted by atomic mass is 10.2. The summed E-state index contributed by atoms with van der Waals surface area (Å²) in [5, 5.41) is 8.03. The molecule has 0 N–H and O–H groups in total. The maximum absolute atomic E-state index is 5.14. The van der Waals surface area contributed by atoms with Crippen molar-refractivity contribution < 1.29 is 9.47 Å². The molecule has 0 fully saturated rings. The third-order valence-corrected chi connectivity index (χ3v) is 2.67. The molecule has 0 heterocycles. The minimum absolute atomic E-state index is 0.797. The van der Waals surface area contributed by atoms with E-state index in [9.17, 15) is 0 Å². The summed E-state index contributed by atoms with van der Waals surface area (Å²) >= 11 is 0. The summed E-state index contributed by atoms with van der Waals surface area (Å²) in [6, 6.07) is 15.3. The van der Waals surface area contributed by atoms with Crippen LogP contribution in [0.15, 0.2) is 58.7 Å². The zero-order valence-corrected chi connectivity index (χ0v) is 11.5. The van der Waals surface area contributed by atoms with Gasteiger partial charge in [0.2, 0.25) is 0 Å². The first kappa shape index (κ1) is 13.8. The van der Waals surface area contributed by atoms with E-state index in [2.05, 4.69) is 10.2 Å². The van der Waals surface area contributed by atoms with Gasteiger partial charge in [-0.05, 0) is 35.4 Å². The summed E-state index contributed by atoms with van der Waals surface area (Å²) in [5.41, 5.74) is 1.87. The first-order chi connectivity index (χ1) is 9.81. The molecular weight excluding hydrogens is 252 g/mol. The molecule has 0 aliphatic carbocycles. The predicted octanol–water partition coefficient (Wildman–Crippen LogP) is 3.16. The molecule has 4 heteroatoms. The average Bonchev–Trinajstić information content (AvgIpc) is 2.52. The second-order valence-corrected chi connectivity index (χ2v) is 4.04. The summed E-state index contributed by atoms with van der Waals surface area (Å²) in [6.45, 7) is 0. The molecule has 0 aliphatic heterocycles. The van der Waals surface area contributed by atoms with Gasteiger partial charge in [0.25, 0.3) is 0 Å². The van der Waals surface area contributed by atoms with E-state index in [0.717, 1.165) is 22.6 Å². The van der Waals surface area contributed by atoms with Gasteiger partial charge in [0.15, 0.2) is 0 Å². The molecule has 0 amide bonds. The standard InChI is InChI=1S/C16H16N2O2/c1-19-15-7-3-5-13(9-15)11-17-18-12-14-6-4-8-16(10-14)20-2/h3-12H,1-2H3/b17-11-,18-12+. The van der Waals surface area contributed by atoms with Crippen molar-refractivity contribution in [1.82, 2.24) is 0 Å². The number of hydrogen-bond donors (Lipinski definition) is 0. The van der Waals surface area contributed by atoms with Crippen molar-refractivity contribution in [2.24, 2.45) is 10.2 Å². The van der Waals surface area contributed by atoms with Crippen molar-refractivity contribution in [1.29, 1.82) is 0 Å². The smallest absolute Gasteiger partial charge is 0.119 e. The molecule has 0 saturated carbocycles. The molecule has 0 saturated heterocycles. The van der Waals surface area contributed by atoms with Crippen LogP contribution in [0, 0.1) is 0 Å². The minimum atomic E-state index is 0.797. The quantitative estimate of drug-likeness (QED) is 0.617. The molecule has 2 rings (SSSR count). The van der Waals surface area contributed by atoms with E-state index >= 15 is 0 Å². The van der Waals surface area contributed by atoms with Gasteiger partial charge in [-0.3, -0.25) is 0 Å². The first-order valence-corrected chi connectivity index (χ1v) is 6.16. The second-order valence-electron chi connectivity index (χ2n) is 4.04. The minimum Gasteiger partial charge on any atom is -0.497 e. The van der Waals surface area contributed by atoms with E-state index in [1.54, 1.807) is 26.6 Å². The van der Waals surface area contributed by atoms with Crippen molar-refractivity contribution in [2.75, 3.05) is 14.2 Å². The van der Waals surface area contributed by atoms with Gasteiger partial charge >= 0.3 is 0 Å². The number of nitrogens with zero attached hydrogens (tertiary/aromatic N) is 2. The van der Waals surface area contributed by atoms with Gasteiger partial charge in [-0.1, -0.05) is 24.3 Å². The van der Waals surface area contributed by atoms with Crippen LogP contribution in [0.1, 0.15) is 11.1 Å². The topological polar surface area (TPSA) is 43.2 Å². The summed E-state index contributed by atoms with van der Waals surface area (Å²) in [5.74, 6) is 1.59. The van der Waals surface area contributed by atoms with Gasteiger partial charge in [-0.25, -0.2) is 0 Å². The Labute approximate surface area is 118 Å². The van der Waals surface area contributed by atoms with Crippen LogP contribution in [-0.4, -0.2) is 26.6 Å². The van der Waals surface area contributed by atoms with Crippen LogP contribution < -0.4 is 9.47 Å². The number of benzene rings is 2. The normalized spacial score (nSPS) is 11.1. The zero-order valence-electron chi connectivity index (χ0n) is 11.5. The van der Waals surface area contributed by atoms with Gasteiger partial charge in [-0.15, -0.1) is 0 Å². The van der Waals surface area contributed by atoms with Crippen LogP contribution in [0.25, 0.3) is 0 Å². The fourth-order valence-electron chi connectivity index (χ4n) is 1.64. The Morgan fingerprint density at radius 3 is 1.60 bits per heavy atom. The fourth-order valence-corrected chi connectivity index (χ4v) is 1.64. The molecule has 0 atom stereocenters. The molecule has 0 bridgehead atoms. The first-order valence-electron chi connectivity index (χ1n) is 6.16. The largest absolute Gasteiger partial charge is 0.497 e. The van der Waals surface area contributed by atoms with Crippen LogP contribution in [0.4, 0.5) is 0 Å². The van der Waals surface area contributed by atoms with Gasteiger partial charge in [0.05, 0.1) is 26.6 Å². The summed E-state index contributed by atoms with van der Waals surface area (Å²) in [4.78, 5) is 0. The highest BCUT2D eigenvalue weighted by Crippen LogP contribution is 2.11. The Morgan fingerprint density at radius 1 is 0.750 bits per heavy atom. The molecule has 0 radical (unpaired) electrons. The molecular formula is C16H16N2O2. The zero-order chi connectivity index (χ0) is 14.2. The molecule has 4 nitrogen and oxygen atoms in total. The maximum Gasteiger partial charge on any atom is 0.119 e. The van der Waals surface area contributed by atoms with E-state index < -0.39 is 0 Å². The Hall–Kier alpha value is -2.62. The van der Waals surface area contributed by atoms with Gasteiger partial charge in [-0.2, -0.15) is 10.2 Å². The highest BCUT2D eigenvalue weighted by Gasteiger charge is 1.92. The third kappa shape index (κ3) is 3.95. The number of methoxy groups -OCH3 is 2. The van der Waals surface area contributed by atoms with Crippen LogP contribution in [0.2, 0.25) is 0 Å². The highest BCUT2D eigenvalue weighted by molar-refractivity contribution is 5.83. The van der Waals surface area contributed by atoms with Crippen molar-refractivity contribution in [3.8, 4) is 11.5 Å². The molecule has 0 aliphatic rings. The van der Waals surface area contributed by atoms with Crippen LogP contribution in [0.5, 0.6) is 11.5 Å². The van der Waals surface area contributed by atoms with Gasteiger partial charge in [0, 0.05) is 0 Å². The molecule has 0 aromatic heterocycles. The second kappa shape index (κ2) is 7.09. The van der Waals surface area contributed by atoms with E-state index in [0.29, 0.717) is 0 Å². The lowest BCUT2D eigenvalue weighted by Crippen LogP contribution is -1.86. The number of hydrogen-bond acceptors (Lipinski definition) is 4. The summed E-state index contributed by atoms with van der Waals surface area (Å²) < 4.78 is 10.3. The van der Waals surface area contributed by atoms with Crippen molar-refractivity contribution in [2.45, 2.75) is 0 Å². The average molecular weight is 268 g/mol. The van der Waals surface area contributed by atoms with Crippen molar-refractivity contribution in [3.05, 3.63) is 59.7 Å². The van der Waals surface area contributed by atoms with Crippen LogP contribution >= 0.6 is 0 Å². The molecule has 20 heavy (non-hydrogen) atoms. The molecule has 2 aromatic rings. The predicted molar refractivity (Wildman–Crippen MR) is 81.2 cm³/mol. The number of ether oxygens (including phenoxy) is 2. The number of rotatable bonds is 5. The highest BCUT2D eigenvalue weighted by atomic mass is 16.5. The molecule has 102 valence electrons. The monoisotopic (exact) mass is 268 g/mol. The van der Waals surface area contributed by atoms with E-state index in [4.69, 9.17) is 9.47 Å². The third-order valence-electron chi connectivity index (χ3n) is 2.67. The molecule has 0 unspecified atom stereocenters. The van der Waals surface area contributed by atoms with Crippen LogP contribution in [0.3, 0.4) is 0 Å². The lowest BCUT2D eigenvalue weighted by Gasteiger charge is -1.99. The van der Waals surface area contributed by atoms with Crippen LogP contribution in [-0.2, 0) is 0 Å². The Balaban J connectivity index is 2.02. The summed E-state index contributed by atoms with van der Waals surface area (Å²) in [7, 11) is 3.27. The van der Waals surface area contributed by atoms with Crippen molar-refractivity contribution >= 4 is 12.4 Å². The molecule has 0 spiro atoms. The lowest BCUT2D eigenvalue weighted by molar-refractivity contribution is 0.414. The maximum atomic E-state index is 5.14. The van der Waals surface area contributed by atoms with E-state index in [-0.39, 0.29) is 0 Å².